The summed E-state index contributed by atoms with van der Waals surface area (Å²) in [6, 6.07) is 5.31. The highest BCUT2D eigenvalue weighted by molar-refractivity contribution is 5.96. The number of hydrogen-bond donors (Lipinski definition) is 4. The van der Waals surface area contributed by atoms with Crippen molar-refractivity contribution in [2.75, 3.05) is 13.1 Å². The highest BCUT2D eigenvalue weighted by Crippen LogP contribution is 2.65. The predicted molar refractivity (Wildman–Crippen MR) is 169 cm³/mol. The largest absolute Gasteiger partial charge is 0.459 e. The fourth-order valence-corrected chi connectivity index (χ4v) is 6.68. The molecule has 0 bridgehead atoms. The van der Waals surface area contributed by atoms with E-state index in [4.69, 9.17) is 10.5 Å². The van der Waals surface area contributed by atoms with Crippen molar-refractivity contribution in [1.29, 1.82) is 0 Å². The Bertz CT molecular complexity index is 1260. The van der Waals surface area contributed by atoms with Crippen LogP contribution in [0, 0.1) is 28.6 Å². The molecule has 3 fully saturated rings. The Morgan fingerprint density at radius 3 is 2.27 bits per heavy atom. The normalized spacial score (nSPS) is 23.6. The lowest BCUT2D eigenvalue weighted by Gasteiger charge is -2.38. The lowest BCUT2D eigenvalue weighted by molar-refractivity contribution is -0.147. The molecule has 4 amide bonds. The number of benzene rings is 1. The molecule has 5 N–H and O–H groups in total. The molecule has 248 valence electrons. The number of piperidine rings is 1. The van der Waals surface area contributed by atoms with Crippen LogP contribution < -0.4 is 21.7 Å². The van der Waals surface area contributed by atoms with Crippen LogP contribution in [0.25, 0.3) is 0 Å². The van der Waals surface area contributed by atoms with Crippen molar-refractivity contribution < 1.29 is 28.7 Å². The quantitative estimate of drug-likeness (QED) is 0.231. The number of ether oxygens (including phenoxy) is 1. The van der Waals surface area contributed by atoms with Crippen LogP contribution in [0.1, 0.15) is 79.2 Å². The maximum atomic E-state index is 14.2. The number of carbonyl (C=O) groups excluding carboxylic acids is 5. The van der Waals surface area contributed by atoms with E-state index in [1.54, 1.807) is 4.90 Å². The Balaban J connectivity index is 1.46. The summed E-state index contributed by atoms with van der Waals surface area (Å²) in [6.45, 7) is 11.9. The van der Waals surface area contributed by atoms with E-state index >= 15 is 0 Å². The molecule has 1 aromatic carbocycles. The van der Waals surface area contributed by atoms with Crippen LogP contribution in [0.4, 0.5) is 4.79 Å². The fourth-order valence-electron chi connectivity index (χ4n) is 6.68. The van der Waals surface area contributed by atoms with Gasteiger partial charge in [-0.05, 0) is 47.0 Å². The van der Waals surface area contributed by atoms with Gasteiger partial charge in [0.1, 0.15) is 24.7 Å². The molecule has 1 aromatic rings. The number of amides is 4. The summed E-state index contributed by atoms with van der Waals surface area (Å²) in [7, 11) is 0. The second-order valence-electron chi connectivity index (χ2n) is 14.7. The lowest BCUT2D eigenvalue weighted by Crippen LogP contribution is -2.62. The average molecular weight is 626 g/mol. The number of rotatable bonds is 14. The molecule has 4 rings (SSSR count). The molecule has 45 heavy (non-hydrogen) atoms. The second kappa shape index (κ2) is 13.9. The van der Waals surface area contributed by atoms with Gasteiger partial charge in [0, 0.05) is 6.54 Å². The van der Waals surface area contributed by atoms with Crippen molar-refractivity contribution in [2.24, 2.45) is 34.3 Å². The van der Waals surface area contributed by atoms with Gasteiger partial charge in [-0.1, -0.05) is 91.1 Å². The topological polar surface area (TPSA) is 160 Å². The molecule has 11 nitrogen and oxygen atoms in total. The smallest absolute Gasteiger partial charge is 0.329 e. The molecule has 3 aliphatic rings. The molecule has 2 aliphatic carbocycles. The Hall–Kier alpha value is -3.47. The minimum absolute atomic E-state index is 0.0567. The van der Waals surface area contributed by atoms with Gasteiger partial charge in [0.05, 0.1) is 12.6 Å². The molecule has 0 aromatic heterocycles. The first-order chi connectivity index (χ1) is 21.2. The van der Waals surface area contributed by atoms with Gasteiger partial charge >= 0.3 is 12.0 Å². The summed E-state index contributed by atoms with van der Waals surface area (Å²) in [6.07, 6.45) is 3.61. The summed E-state index contributed by atoms with van der Waals surface area (Å²) in [4.78, 5) is 68.4. The number of Topliss-reactive ketones (excluding diaryl/α,β-unsaturated/α-hetero) is 1. The molecule has 0 radical (unpaired) electrons. The number of nitrogens with zero attached hydrogens (tertiary/aromatic N) is 1. The minimum atomic E-state index is -0.982. The molecule has 2 saturated carbocycles. The molecule has 11 heteroatoms. The third-order valence-corrected chi connectivity index (χ3v) is 9.71. The van der Waals surface area contributed by atoms with Crippen LogP contribution >= 0.6 is 0 Å². The first kappa shape index (κ1) is 34.4. The van der Waals surface area contributed by atoms with E-state index in [-0.39, 0.29) is 48.0 Å². The summed E-state index contributed by atoms with van der Waals surface area (Å²) < 4.78 is 5.47. The zero-order chi connectivity index (χ0) is 33.1. The summed E-state index contributed by atoms with van der Waals surface area (Å²) >= 11 is 0. The van der Waals surface area contributed by atoms with E-state index in [0.29, 0.717) is 31.7 Å². The Morgan fingerprint density at radius 2 is 1.69 bits per heavy atom. The third kappa shape index (κ3) is 8.23. The molecule has 1 aliphatic heterocycles. The van der Waals surface area contributed by atoms with Crippen LogP contribution in [-0.4, -0.2) is 71.8 Å². The van der Waals surface area contributed by atoms with Gasteiger partial charge in [-0.25, -0.2) is 9.59 Å². The van der Waals surface area contributed by atoms with Gasteiger partial charge in [-0.2, -0.15) is 0 Å². The monoisotopic (exact) mass is 625 g/mol. The maximum absolute atomic E-state index is 14.2. The van der Waals surface area contributed by atoms with Gasteiger partial charge < -0.3 is 31.3 Å². The standard InChI is InChI=1S/C34H51N5O6/c1-7-11-23(31(43)45-19-21-12-9-8-10-13-21)37-32(44)38-28(33(2,3)4)30(42)39-18-22-26(34(22,5)6)27(39)29(41)36-24(25(40)17-35)16-20-14-15-20/h8-10,12-13,20,22-24,26-28H,7,11,14-19,35H2,1-6H3,(H,36,41)(H2,37,38,44)/t22-,23-,24?,26-,27-,28+/m0/s1. The number of fused-ring (bicyclic) bond motifs is 1. The number of nitrogens with one attached hydrogen (secondary N) is 3. The van der Waals surface area contributed by atoms with Crippen LogP contribution in [0.15, 0.2) is 30.3 Å². The van der Waals surface area contributed by atoms with E-state index in [1.165, 1.54) is 0 Å². The average Bonchev–Trinajstić information content (AvgIpc) is 3.84. The first-order valence-corrected chi connectivity index (χ1v) is 16.3. The van der Waals surface area contributed by atoms with Gasteiger partial charge in [0.25, 0.3) is 0 Å². The zero-order valence-electron chi connectivity index (χ0n) is 27.6. The van der Waals surface area contributed by atoms with Crippen LogP contribution in [-0.2, 0) is 30.5 Å². The fraction of sp³-hybridized carbons (Fsp3) is 0.676. The van der Waals surface area contributed by atoms with Crippen LogP contribution in [0.5, 0.6) is 0 Å². The maximum Gasteiger partial charge on any atom is 0.329 e. The number of hydrogen-bond acceptors (Lipinski definition) is 7. The van der Waals surface area contributed by atoms with Crippen LogP contribution in [0.3, 0.4) is 0 Å². The Morgan fingerprint density at radius 1 is 1.02 bits per heavy atom. The van der Waals surface area contributed by atoms with Crippen molar-refractivity contribution in [1.82, 2.24) is 20.9 Å². The highest BCUT2D eigenvalue weighted by Gasteiger charge is 2.70. The summed E-state index contributed by atoms with van der Waals surface area (Å²) in [5, 5.41) is 8.47. The molecule has 6 atom stereocenters. The van der Waals surface area contributed by atoms with Gasteiger partial charge in [0.15, 0.2) is 5.78 Å². The minimum Gasteiger partial charge on any atom is -0.459 e. The number of likely N-dealkylation sites (tertiary alicyclic amines) is 1. The Kier molecular flexibility index (Phi) is 10.6. The van der Waals surface area contributed by atoms with Gasteiger partial charge in [-0.3, -0.25) is 14.4 Å². The number of ketones is 1. The number of nitrogens with two attached hydrogens (primary N) is 1. The third-order valence-electron chi connectivity index (χ3n) is 9.71. The van der Waals surface area contributed by atoms with Crippen molar-refractivity contribution in [2.45, 2.75) is 104 Å². The number of carbonyl (C=O) groups is 5. The predicted octanol–water partition coefficient (Wildman–Crippen LogP) is 2.91. The van der Waals surface area contributed by atoms with Gasteiger partial charge in [-0.15, -0.1) is 0 Å². The van der Waals surface area contributed by atoms with Crippen molar-refractivity contribution in [3.63, 3.8) is 0 Å². The van der Waals surface area contributed by atoms with Crippen molar-refractivity contribution in [3.8, 4) is 0 Å². The molecule has 1 unspecified atom stereocenters. The van der Waals surface area contributed by atoms with E-state index < -0.39 is 41.6 Å². The first-order valence-electron chi connectivity index (χ1n) is 16.3. The van der Waals surface area contributed by atoms with E-state index in [1.807, 2.05) is 58.0 Å². The number of esters is 1. The number of urea groups is 1. The Labute approximate surface area is 266 Å². The summed E-state index contributed by atoms with van der Waals surface area (Å²) in [5.41, 5.74) is 5.66. The van der Waals surface area contributed by atoms with Crippen molar-refractivity contribution >= 4 is 29.6 Å². The molecule has 1 heterocycles. The van der Waals surface area contributed by atoms with Crippen molar-refractivity contribution in [3.05, 3.63) is 35.9 Å². The second-order valence-corrected chi connectivity index (χ2v) is 14.7. The molecular formula is C34H51N5O6. The SMILES string of the molecule is CCC[C@H](NC(=O)N[C@H](C(=O)N1C[C@H]2[C@@H]([C@H]1C(=O)NC(CC1CC1)C(=O)CN)C2(C)C)C(C)(C)C)C(=O)OCc1ccccc1. The molecule has 1 saturated heterocycles. The van der Waals surface area contributed by atoms with Crippen LogP contribution in [0.2, 0.25) is 0 Å². The van der Waals surface area contributed by atoms with Gasteiger partial charge in [0.2, 0.25) is 11.8 Å². The van der Waals surface area contributed by atoms with E-state index in [0.717, 1.165) is 18.4 Å². The molecule has 0 spiro atoms. The lowest BCUT2D eigenvalue weighted by atomic mass is 9.85. The van der Waals surface area contributed by atoms with E-state index in [9.17, 15) is 24.0 Å². The zero-order valence-corrected chi connectivity index (χ0v) is 27.6. The highest BCUT2D eigenvalue weighted by atomic mass is 16.5. The summed E-state index contributed by atoms with van der Waals surface area (Å²) in [5.74, 6) is -1.02. The van der Waals surface area contributed by atoms with E-state index in [2.05, 4.69) is 29.8 Å². The molecular weight excluding hydrogens is 574 g/mol.